The van der Waals surface area contributed by atoms with Crippen molar-refractivity contribution in [3.8, 4) is 0 Å². The van der Waals surface area contributed by atoms with Crippen LogP contribution in [0.15, 0.2) is 48.1 Å². The molecule has 2 heteroatoms. The molecule has 42 heavy (non-hydrogen) atoms. The van der Waals surface area contributed by atoms with Gasteiger partial charge in [-0.2, -0.15) is 0 Å². The van der Waals surface area contributed by atoms with Gasteiger partial charge in [-0.25, -0.2) is 4.79 Å². The Labute approximate surface area is 257 Å². The molecule has 0 amide bonds. The van der Waals surface area contributed by atoms with Gasteiger partial charge in [0.05, 0.1) is 0 Å². The summed E-state index contributed by atoms with van der Waals surface area (Å²) in [5.41, 5.74) is 4.74. The van der Waals surface area contributed by atoms with Crippen LogP contribution in [0, 0.1) is 57.2 Å². The van der Waals surface area contributed by atoms with Crippen LogP contribution in [0.2, 0.25) is 0 Å². The summed E-state index contributed by atoms with van der Waals surface area (Å²) in [6.07, 6.45) is 20.9. The number of ether oxygens (including phenoxy) is 1. The molecular weight excluding hydrogens is 512 g/mol. The van der Waals surface area contributed by atoms with E-state index in [0.29, 0.717) is 33.5 Å². The van der Waals surface area contributed by atoms with Gasteiger partial charge in [0.25, 0.3) is 0 Å². The minimum absolute atomic E-state index is 0.0665. The minimum Gasteiger partial charge on any atom is -0.459 e. The second-order valence-electron chi connectivity index (χ2n) is 16.4. The van der Waals surface area contributed by atoms with Crippen LogP contribution in [0.4, 0.5) is 0 Å². The molecule has 2 spiro atoms. The maximum absolute atomic E-state index is 12.8. The number of benzene rings is 1. The quantitative estimate of drug-likeness (QED) is 0.176. The van der Waals surface area contributed by atoms with Crippen molar-refractivity contribution in [2.75, 3.05) is 0 Å². The van der Waals surface area contributed by atoms with Gasteiger partial charge >= 0.3 is 5.97 Å². The summed E-state index contributed by atoms with van der Waals surface area (Å²) < 4.78 is 6.15. The van der Waals surface area contributed by atoms with Gasteiger partial charge in [0.2, 0.25) is 0 Å². The molecule has 5 saturated carbocycles. The van der Waals surface area contributed by atoms with Gasteiger partial charge in [0, 0.05) is 6.08 Å². The Morgan fingerprint density at radius 2 is 1.71 bits per heavy atom. The Kier molecular flexibility index (Phi) is 7.88. The number of carbonyl (C=O) groups excluding carboxylic acids is 1. The summed E-state index contributed by atoms with van der Waals surface area (Å²) in [6.45, 7) is 17.4. The Bertz CT molecular complexity index is 1210. The lowest BCUT2D eigenvalue weighted by Crippen LogP contribution is -2.56. The van der Waals surface area contributed by atoms with Crippen LogP contribution in [0.3, 0.4) is 0 Å². The zero-order chi connectivity index (χ0) is 29.9. The highest BCUT2D eigenvalue weighted by molar-refractivity contribution is 5.87. The highest BCUT2D eigenvalue weighted by atomic mass is 16.5. The van der Waals surface area contributed by atoms with Gasteiger partial charge in [0.1, 0.15) is 6.10 Å². The second kappa shape index (κ2) is 11.0. The van der Waals surface area contributed by atoms with Crippen LogP contribution in [-0.4, -0.2) is 12.1 Å². The normalized spacial score (nSPS) is 43.3. The van der Waals surface area contributed by atoms with E-state index < -0.39 is 0 Å². The van der Waals surface area contributed by atoms with Crippen molar-refractivity contribution >= 4 is 12.0 Å². The van der Waals surface area contributed by atoms with Gasteiger partial charge in [-0.3, -0.25) is 0 Å². The van der Waals surface area contributed by atoms with E-state index in [-0.39, 0.29) is 12.1 Å². The lowest BCUT2D eigenvalue weighted by atomic mass is 9.43. The largest absolute Gasteiger partial charge is 0.459 e. The molecule has 0 aromatic heterocycles. The van der Waals surface area contributed by atoms with Crippen molar-refractivity contribution in [3.63, 3.8) is 0 Å². The standard InChI is InChI=1S/C40H58O2/c1-8-31(27(2)3)16-14-28(4)32-20-22-38(7)35-18-17-33-29(5)34(42-36(41)19-15-30-12-10-9-11-13-30)21-23-39(33)26-40(35,39)25-24-37(32,38)6/h8-13,15,19,27-29,32-35H,14,16-18,20-26H2,1-7H3/b19-15+,31-8-. The maximum atomic E-state index is 12.8. The van der Waals surface area contributed by atoms with Gasteiger partial charge in [-0.1, -0.05) is 83.5 Å². The van der Waals surface area contributed by atoms with E-state index in [0.717, 1.165) is 35.7 Å². The molecular formula is C40H58O2. The van der Waals surface area contributed by atoms with E-state index in [1.807, 2.05) is 36.4 Å². The third-order valence-corrected chi connectivity index (χ3v) is 14.9. The molecule has 6 rings (SSSR count). The minimum atomic E-state index is -0.173. The number of fused-ring (bicyclic) bond motifs is 2. The van der Waals surface area contributed by atoms with Crippen molar-refractivity contribution < 1.29 is 9.53 Å². The molecule has 10 unspecified atom stereocenters. The van der Waals surface area contributed by atoms with Gasteiger partial charge in [0.15, 0.2) is 0 Å². The van der Waals surface area contributed by atoms with E-state index >= 15 is 0 Å². The van der Waals surface area contributed by atoms with Crippen LogP contribution in [0.25, 0.3) is 6.08 Å². The molecule has 0 saturated heterocycles. The molecule has 0 bridgehead atoms. The van der Waals surface area contributed by atoms with Crippen LogP contribution in [0.1, 0.15) is 125 Å². The van der Waals surface area contributed by atoms with E-state index in [1.54, 1.807) is 11.6 Å². The molecule has 2 nitrogen and oxygen atoms in total. The first kappa shape index (κ1) is 30.2. The molecule has 1 aromatic carbocycles. The molecule has 5 fully saturated rings. The van der Waals surface area contributed by atoms with E-state index in [9.17, 15) is 4.79 Å². The van der Waals surface area contributed by atoms with Crippen LogP contribution in [0.5, 0.6) is 0 Å². The summed E-state index contributed by atoms with van der Waals surface area (Å²) >= 11 is 0. The lowest BCUT2D eigenvalue weighted by molar-refractivity contribution is -0.162. The summed E-state index contributed by atoms with van der Waals surface area (Å²) in [6, 6.07) is 10.1. The topological polar surface area (TPSA) is 26.3 Å². The predicted octanol–water partition coefficient (Wildman–Crippen LogP) is 10.7. The van der Waals surface area contributed by atoms with Crippen LogP contribution in [-0.2, 0) is 9.53 Å². The van der Waals surface area contributed by atoms with Crippen molar-refractivity contribution in [2.45, 2.75) is 125 Å². The average Bonchev–Trinajstić information content (AvgIpc) is 3.55. The highest BCUT2D eigenvalue weighted by Gasteiger charge is 2.81. The third kappa shape index (κ3) is 4.51. The summed E-state index contributed by atoms with van der Waals surface area (Å²) in [4.78, 5) is 12.8. The van der Waals surface area contributed by atoms with E-state index in [2.05, 4.69) is 54.5 Å². The fraction of sp³-hybridized carbons (Fsp3) is 0.725. The molecule has 0 aliphatic heterocycles. The Morgan fingerprint density at radius 1 is 0.952 bits per heavy atom. The van der Waals surface area contributed by atoms with Crippen molar-refractivity contribution in [1.82, 2.24) is 0 Å². The van der Waals surface area contributed by atoms with Crippen molar-refractivity contribution in [1.29, 1.82) is 0 Å². The van der Waals surface area contributed by atoms with Crippen molar-refractivity contribution in [2.24, 2.45) is 57.2 Å². The average molecular weight is 571 g/mol. The first-order chi connectivity index (χ1) is 20.0. The molecule has 1 aromatic rings. The van der Waals surface area contributed by atoms with Gasteiger partial charge in [-0.15, -0.1) is 0 Å². The monoisotopic (exact) mass is 570 g/mol. The summed E-state index contributed by atoms with van der Waals surface area (Å²) in [7, 11) is 0. The Balaban J connectivity index is 1.13. The smallest absolute Gasteiger partial charge is 0.331 e. The third-order valence-electron chi connectivity index (χ3n) is 14.9. The predicted molar refractivity (Wildman–Crippen MR) is 175 cm³/mol. The first-order valence-corrected chi connectivity index (χ1v) is 17.6. The number of rotatable bonds is 8. The van der Waals surface area contributed by atoms with Gasteiger partial charge in [-0.05, 0) is 146 Å². The molecule has 230 valence electrons. The second-order valence-corrected chi connectivity index (χ2v) is 16.4. The lowest BCUT2D eigenvalue weighted by Gasteiger charge is -2.62. The zero-order valence-corrected chi connectivity index (χ0v) is 27.8. The fourth-order valence-corrected chi connectivity index (χ4v) is 12.4. The van der Waals surface area contributed by atoms with Gasteiger partial charge < -0.3 is 4.74 Å². The number of hydrogen-bond acceptors (Lipinski definition) is 2. The Hall–Kier alpha value is -1.83. The fourth-order valence-electron chi connectivity index (χ4n) is 12.4. The molecule has 5 aliphatic carbocycles. The first-order valence-electron chi connectivity index (χ1n) is 17.6. The molecule has 0 N–H and O–H groups in total. The number of esters is 1. The maximum Gasteiger partial charge on any atom is 0.331 e. The zero-order valence-electron chi connectivity index (χ0n) is 27.8. The SMILES string of the molecule is C/C=C(/CCC(C)C1CCC2(C)C3CCC4C(C)C(OC(=O)/C=C/c5ccccc5)CCC45CC35CCC12C)C(C)C. The van der Waals surface area contributed by atoms with E-state index in [4.69, 9.17) is 4.74 Å². The van der Waals surface area contributed by atoms with Crippen molar-refractivity contribution in [3.05, 3.63) is 53.6 Å². The molecule has 0 radical (unpaired) electrons. The molecule has 0 heterocycles. The van der Waals surface area contributed by atoms with Crippen LogP contribution < -0.4 is 0 Å². The van der Waals surface area contributed by atoms with E-state index in [1.165, 1.54) is 64.2 Å². The number of allylic oxidation sites excluding steroid dienone is 2. The molecule has 5 aliphatic rings. The summed E-state index contributed by atoms with van der Waals surface area (Å²) in [5.74, 6) is 4.26. The summed E-state index contributed by atoms with van der Waals surface area (Å²) in [5, 5.41) is 0. The Morgan fingerprint density at radius 3 is 2.43 bits per heavy atom. The highest BCUT2D eigenvalue weighted by Crippen LogP contribution is 2.88. The number of hydrogen-bond donors (Lipinski definition) is 0. The van der Waals surface area contributed by atoms with Crippen LogP contribution >= 0.6 is 0 Å². The molecule has 10 atom stereocenters. The number of carbonyl (C=O) groups is 1.